The first kappa shape index (κ1) is 26.1. The Bertz CT molecular complexity index is 874. The average molecular weight is 532 g/mol. The molecule has 1 aromatic carbocycles. The van der Waals surface area contributed by atoms with Crippen molar-refractivity contribution in [1.29, 1.82) is 0 Å². The van der Waals surface area contributed by atoms with Crippen molar-refractivity contribution in [2.24, 2.45) is 0 Å². The Balaban J connectivity index is 2.18. The van der Waals surface area contributed by atoms with Gasteiger partial charge in [-0.15, -0.1) is 0 Å². The Morgan fingerprint density at radius 3 is 2.32 bits per heavy atom. The van der Waals surface area contributed by atoms with Crippen LogP contribution in [0.5, 0.6) is 5.75 Å². The second kappa shape index (κ2) is 11.1. The molecule has 0 unspecified atom stereocenters. The van der Waals surface area contributed by atoms with Gasteiger partial charge in [0.25, 0.3) is 0 Å². The summed E-state index contributed by atoms with van der Waals surface area (Å²) in [6.07, 6.45) is 0.393. The minimum absolute atomic E-state index is 0.201. The molecule has 31 heavy (non-hydrogen) atoms. The molecule has 8 heteroatoms. The molecule has 1 aromatic heterocycles. The highest BCUT2D eigenvalue weighted by atomic mass is 79.9. The fraction of sp³-hybridized carbons (Fsp3) is 0.522. The van der Waals surface area contributed by atoms with Gasteiger partial charge >= 0.3 is 0 Å². The molecule has 1 heterocycles. The first-order valence-corrected chi connectivity index (χ1v) is 14.0. The number of nitrogens with two attached hydrogens (primary N) is 1. The standard InChI is InChI=1S/C23H33BrClFN2O2Si/c1-14(2)31(15(3)4,16(5)6)30-13-17-8-7-9-20(26)18(17)10-11-29-21-12-19(24)22(25)28-23(21)27/h7-9,12,14-16H,10-11,13H2,1-6H3,(H2,27,28). The van der Waals surface area contributed by atoms with Crippen molar-refractivity contribution in [3.05, 3.63) is 50.8 Å². The molecule has 0 radical (unpaired) electrons. The Kier molecular flexibility index (Phi) is 9.36. The molecule has 0 fully saturated rings. The van der Waals surface area contributed by atoms with Gasteiger partial charge in [0.2, 0.25) is 8.32 Å². The van der Waals surface area contributed by atoms with Gasteiger partial charge in [-0.25, -0.2) is 9.37 Å². The van der Waals surface area contributed by atoms with Crippen LogP contribution in [0.3, 0.4) is 0 Å². The van der Waals surface area contributed by atoms with Crippen LogP contribution in [0, 0.1) is 5.82 Å². The van der Waals surface area contributed by atoms with Gasteiger partial charge in [-0.2, -0.15) is 0 Å². The molecule has 2 N–H and O–H groups in total. The lowest BCUT2D eigenvalue weighted by molar-refractivity contribution is 0.262. The average Bonchev–Trinajstić information content (AvgIpc) is 2.67. The summed E-state index contributed by atoms with van der Waals surface area (Å²) in [4.78, 5) is 4.02. The fourth-order valence-corrected chi connectivity index (χ4v) is 10.4. The molecule has 0 amide bonds. The van der Waals surface area contributed by atoms with E-state index >= 15 is 0 Å². The van der Waals surface area contributed by atoms with Crippen molar-refractivity contribution in [3.8, 4) is 5.75 Å². The van der Waals surface area contributed by atoms with E-state index in [4.69, 9.17) is 26.5 Å². The number of halogens is 3. The predicted molar refractivity (Wildman–Crippen MR) is 133 cm³/mol. The second-order valence-electron chi connectivity index (χ2n) is 8.73. The van der Waals surface area contributed by atoms with E-state index in [1.165, 1.54) is 6.07 Å². The zero-order valence-corrected chi connectivity index (χ0v) is 22.5. The number of aromatic nitrogens is 1. The maximum Gasteiger partial charge on any atom is 0.200 e. The third-order valence-electron chi connectivity index (χ3n) is 5.94. The number of hydrogen-bond donors (Lipinski definition) is 1. The molecule has 0 aliphatic carbocycles. The third-order valence-corrected chi connectivity index (χ3v) is 13.1. The number of rotatable bonds is 10. The molecule has 0 aliphatic heterocycles. The van der Waals surface area contributed by atoms with Gasteiger partial charge in [0.1, 0.15) is 11.0 Å². The summed E-state index contributed by atoms with van der Waals surface area (Å²) in [6, 6.07) is 6.82. The van der Waals surface area contributed by atoms with E-state index in [1.807, 2.05) is 6.07 Å². The van der Waals surface area contributed by atoms with E-state index in [0.717, 1.165) is 5.56 Å². The van der Waals surface area contributed by atoms with E-state index in [0.29, 0.717) is 45.4 Å². The quantitative estimate of drug-likeness (QED) is 0.254. The van der Waals surface area contributed by atoms with Crippen molar-refractivity contribution in [2.75, 3.05) is 12.3 Å². The van der Waals surface area contributed by atoms with Crippen molar-refractivity contribution in [1.82, 2.24) is 4.98 Å². The van der Waals surface area contributed by atoms with Crippen LogP contribution in [0.4, 0.5) is 10.2 Å². The summed E-state index contributed by atoms with van der Waals surface area (Å²) in [7, 11) is -2.05. The van der Waals surface area contributed by atoms with E-state index in [9.17, 15) is 4.39 Å². The van der Waals surface area contributed by atoms with Crippen LogP contribution in [0.25, 0.3) is 0 Å². The molecular formula is C23H33BrClFN2O2Si. The van der Waals surface area contributed by atoms with Gasteiger partial charge < -0.3 is 14.9 Å². The van der Waals surface area contributed by atoms with Gasteiger partial charge in [-0.1, -0.05) is 65.3 Å². The summed E-state index contributed by atoms with van der Waals surface area (Å²) < 4.78 is 27.8. The number of ether oxygens (including phenoxy) is 1. The van der Waals surface area contributed by atoms with Crippen LogP contribution in [0.15, 0.2) is 28.7 Å². The van der Waals surface area contributed by atoms with Gasteiger partial charge in [0.05, 0.1) is 17.7 Å². The Labute approximate surface area is 199 Å². The first-order valence-electron chi connectivity index (χ1n) is 10.6. The molecule has 4 nitrogen and oxygen atoms in total. The molecule has 0 aliphatic rings. The molecule has 172 valence electrons. The normalized spacial score (nSPS) is 12.3. The summed E-state index contributed by atoms with van der Waals surface area (Å²) in [5, 5.41) is 0.270. The Hall–Kier alpha value is -1.15. The van der Waals surface area contributed by atoms with Crippen LogP contribution in [0.1, 0.15) is 52.7 Å². The highest BCUT2D eigenvalue weighted by Crippen LogP contribution is 2.43. The number of benzene rings is 1. The molecule has 2 aromatic rings. The van der Waals surface area contributed by atoms with Crippen molar-refractivity contribution < 1.29 is 13.6 Å². The summed E-state index contributed by atoms with van der Waals surface area (Å²) in [5.74, 6) is 0.363. The van der Waals surface area contributed by atoms with Crippen LogP contribution in [-0.2, 0) is 17.5 Å². The number of nitrogen functional groups attached to an aromatic ring is 1. The first-order chi connectivity index (χ1) is 14.5. The highest BCUT2D eigenvalue weighted by Gasteiger charge is 2.45. The minimum atomic E-state index is -2.05. The van der Waals surface area contributed by atoms with E-state index < -0.39 is 8.32 Å². The van der Waals surface area contributed by atoms with Gasteiger partial charge in [0.15, 0.2) is 11.6 Å². The molecule has 0 bridgehead atoms. The molecule has 0 saturated carbocycles. The van der Waals surface area contributed by atoms with Crippen LogP contribution < -0.4 is 10.5 Å². The molecule has 0 atom stereocenters. The largest absolute Gasteiger partial charge is 0.489 e. The minimum Gasteiger partial charge on any atom is -0.489 e. The lowest BCUT2D eigenvalue weighted by Crippen LogP contribution is -2.47. The number of hydrogen-bond acceptors (Lipinski definition) is 4. The Morgan fingerprint density at radius 1 is 1.13 bits per heavy atom. The molecule has 2 rings (SSSR count). The summed E-state index contributed by atoms with van der Waals surface area (Å²) >= 11 is 9.25. The predicted octanol–water partition coefficient (Wildman–Crippen LogP) is 7.53. The Morgan fingerprint density at radius 2 is 1.74 bits per heavy atom. The summed E-state index contributed by atoms with van der Waals surface area (Å²) in [6.45, 7) is 14.1. The van der Waals surface area contributed by atoms with E-state index in [1.54, 1.807) is 12.1 Å². The van der Waals surface area contributed by atoms with Crippen LogP contribution in [-0.4, -0.2) is 19.9 Å². The lowest BCUT2D eigenvalue weighted by atomic mass is 10.0. The second-order valence-corrected chi connectivity index (χ2v) is 15.4. The molecular weight excluding hydrogens is 499 g/mol. The zero-order chi connectivity index (χ0) is 23.3. The number of nitrogens with zero attached hydrogens (tertiary/aromatic N) is 1. The van der Waals surface area contributed by atoms with Gasteiger partial charge in [0, 0.05) is 12.5 Å². The van der Waals surface area contributed by atoms with Crippen LogP contribution >= 0.6 is 27.5 Å². The topological polar surface area (TPSA) is 57.4 Å². The monoisotopic (exact) mass is 530 g/mol. The number of anilines is 1. The van der Waals surface area contributed by atoms with E-state index in [-0.39, 0.29) is 23.4 Å². The van der Waals surface area contributed by atoms with Crippen molar-refractivity contribution in [3.63, 3.8) is 0 Å². The van der Waals surface area contributed by atoms with E-state index in [2.05, 4.69) is 62.5 Å². The van der Waals surface area contributed by atoms with Crippen molar-refractivity contribution >= 4 is 41.7 Å². The van der Waals surface area contributed by atoms with Gasteiger partial charge in [-0.3, -0.25) is 0 Å². The zero-order valence-electron chi connectivity index (χ0n) is 19.1. The smallest absolute Gasteiger partial charge is 0.200 e. The molecule has 0 spiro atoms. The van der Waals surface area contributed by atoms with Crippen molar-refractivity contribution in [2.45, 2.75) is 71.2 Å². The lowest BCUT2D eigenvalue weighted by Gasteiger charge is -2.42. The highest BCUT2D eigenvalue weighted by molar-refractivity contribution is 9.10. The third kappa shape index (κ3) is 6.00. The maximum atomic E-state index is 14.7. The maximum absolute atomic E-state index is 14.7. The fourth-order valence-electron chi connectivity index (χ4n) is 4.56. The summed E-state index contributed by atoms with van der Waals surface area (Å²) in [5.41, 5.74) is 8.75. The van der Waals surface area contributed by atoms with Gasteiger partial charge in [-0.05, 0) is 49.7 Å². The molecule has 0 saturated heterocycles. The number of pyridine rings is 1. The van der Waals surface area contributed by atoms with Crippen LogP contribution in [0.2, 0.25) is 21.8 Å². The SMILES string of the molecule is CC(C)[Si](OCc1cccc(F)c1CCOc1cc(Br)c(Cl)nc1N)(C(C)C)C(C)C.